The van der Waals surface area contributed by atoms with Crippen LogP contribution in [-0.4, -0.2) is 77.7 Å². The second-order valence-corrected chi connectivity index (χ2v) is 9.38. The highest BCUT2D eigenvalue weighted by Gasteiger charge is 2.44. The molecule has 5 rings (SSSR count). The van der Waals surface area contributed by atoms with Crippen LogP contribution in [0.25, 0.3) is 0 Å². The molecule has 0 radical (unpaired) electrons. The van der Waals surface area contributed by atoms with E-state index in [4.69, 9.17) is 14.2 Å². The van der Waals surface area contributed by atoms with Crippen LogP contribution in [0.1, 0.15) is 28.0 Å². The first-order valence-corrected chi connectivity index (χ1v) is 11.6. The van der Waals surface area contributed by atoms with Gasteiger partial charge in [0.05, 0.1) is 25.7 Å². The first-order valence-electron chi connectivity index (χ1n) is 11.6. The van der Waals surface area contributed by atoms with Crippen LogP contribution in [0.2, 0.25) is 0 Å². The number of alkyl halides is 5. The number of rotatable bonds is 7. The lowest BCUT2D eigenvalue weighted by molar-refractivity contribution is -0.176. The lowest BCUT2D eigenvalue weighted by Crippen LogP contribution is -2.58. The van der Waals surface area contributed by atoms with Crippen LogP contribution in [0, 0.1) is 0 Å². The summed E-state index contributed by atoms with van der Waals surface area (Å²) in [7, 11) is 0. The summed E-state index contributed by atoms with van der Waals surface area (Å²) in [5.41, 5.74) is 1.50. The van der Waals surface area contributed by atoms with Gasteiger partial charge in [-0.25, -0.2) is 13.5 Å². The summed E-state index contributed by atoms with van der Waals surface area (Å²) in [5, 5.41) is 7.17. The van der Waals surface area contributed by atoms with E-state index in [0.717, 1.165) is 5.56 Å². The quantitative estimate of drug-likeness (QED) is 0.571. The van der Waals surface area contributed by atoms with E-state index in [9.17, 15) is 26.7 Å². The average Bonchev–Trinajstić information content (AvgIpc) is 3.20. The number of likely N-dealkylation sites (tertiary alicyclic amines) is 1. The number of ether oxygens (including phenoxy) is 3. The van der Waals surface area contributed by atoms with Gasteiger partial charge in [0, 0.05) is 25.6 Å². The lowest BCUT2D eigenvalue weighted by atomic mass is 10.0. The molecule has 0 saturated carbocycles. The fraction of sp³-hybridized carbons (Fsp3) is 0.565. The molecule has 36 heavy (non-hydrogen) atoms. The number of nitrogens with zero attached hydrogens (tertiary/aromatic N) is 3. The van der Waals surface area contributed by atoms with Crippen LogP contribution in [0.4, 0.5) is 22.0 Å². The van der Waals surface area contributed by atoms with Crippen LogP contribution in [0.5, 0.6) is 11.6 Å². The Morgan fingerprint density at radius 1 is 1.25 bits per heavy atom. The van der Waals surface area contributed by atoms with E-state index < -0.39 is 24.6 Å². The number of amides is 1. The third-order valence-corrected chi connectivity index (χ3v) is 6.20. The molecule has 1 unspecified atom stereocenters. The van der Waals surface area contributed by atoms with Gasteiger partial charge in [0.2, 0.25) is 5.88 Å². The smallest absolute Gasteiger partial charge is 0.411 e. The summed E-state index contributed by atoms with van der Waals surface area (Å²) in [6, 6.07) is 6.20. The second-order valence-electron chi connectivity index (χ2n) is 9.38. The van der Waals surface area contributed by atoms with Crippen LogP contribution >= 0.6 is 0 Å². The maximum absolute atomic E-state index is 13.1. The average molecular weight is 516 g/mol. The minimum Gasteiger partial charge on any atom is -0.491 e. The van der Waals surface area contributed by atoms with E-state index in [-0.39, 0.29) is 44.1 Å². The molecule has 1 N–H and O–H groups in total. The molecular formula is C23H25F5N4O4. The van der Waals surface area contributed by atoms with Gasteiger partial charge in [0.25, 0.3) is 11.8 Å². The number of carbonyl (C=O) groups excluding carboxylic acids is 1. The van der Waals surface area contributed by atoms with Gasteiger partial charge in [-0.1, -0.05) is 6.07 Å². The van der Waals surface area contributed by atoms with Gasteiger partial charge in [0.15, 0.2) is 5.69 Å². The Hall–Kier alpha value is -2.93. The number of aromatic nitrogens is 2. The number of fused-ring (bicyclic) bond motifs is 2. The molecule has 1 amide bonds. The highest BCUT2D eigenvalue weighted by Crippen LogP contribution is 2.30. The Labute approximate surface area is 203 Å². The van der Waals surface area contributed by atoms with E-state index in [1.165, 1.54) is 6.07 Å². The van der Waals surface area contributed by atoms with Crippen molar-refractivity contribution in [3.8, 4) is 11.6 Å². The molecule has 1 fully saturated rings. The third-order valence-electron chi connectivity index (χ3n) is 6.20. The van der Waals surface area contributed by atoms with Crippen LogP contribution in [0.3, 0.4) is 0 Å². The largest absolute Gasteiger partial charge is 0.491 e. The van der Waals surface area contributed by atoms with E-state index in [2.05, 4.69) is 10.4 Å². The molecule has 0 spiro atoms. The van der Waals surface area contributed by atoms with Gasteiger partial charge in [-0.05, 0) is 29.7 Å². The van der Waals surface area contributed by atoms with Crippen molar-refractivity contribution < 1.29 is 41.0 Å². The third kappa shape index (κ3) is 5.89. The van der Waals surface area contributed by atoms with Crippen molar-refractivity contribution in [1.29, 1.82) is 0 Å². The Morgan fingerprint density at radius 2 is 2.06 bits per heavy atom. The Balaban J connectivity index is 1.14. The van der Waals surface area contributed by atoms with Crippen molar-refractivity contribution in [3.63, 3.8) is 0 Å². The fourth-order valence-corrected chi connectivity index (χ4v) is 4.59. The van der Waals surface area contributed by atoms with Gasteiger partial charge in [-0.2, -0.15) is 18.3 Å². The molecule has 1 aromatic heterocycles. The number of aryl methyl sites for hydroxylation is 1. The number of hydrogen-bond acceptors (Lipinski definition) is 6. The van der Waals surface area contributed by atoms with Crippen molar-refractivity contribution in [3.05, 3.63) is 41.1 Å². The molecule has 0 bridgehead atoms. The predicted octanol–water partition coefficient (Wildman–Crippen LogP) is 2.80. The van der Waals surface area contributed by atoms with Crippen LogP contribution in [-0.2, 0) is 24.3 Å². The zero-order valence-electron chi connectivity index (χ0n) is 19.2. The summed E-state index contributed by atoms with van der Waals surface area (Å²) in [4.78, 5) is 14.5. The summed E-state index contributed by atoms with van der Waals surface area (Å²) < 4.78 is 80.9. The zero-order valence-corrected chi connectivity index (χ0v) is 19.2. The summed E-state index contributed by atoms with van der Waals surface area (Å²) in [6.45, 7) is -0.920. The van der Waals surface area contributed by atoms with Crippen molar-refractivity contribution in [1.82, 2.24) is 20.0 Å². The lowest BCUT2D eigenvalue weighted by Gasteiger charge is -2.41. The molecule has 3 aliphatic heterocycles. The highest BCUT2D eigenvalue weighted by atomic mass is 19.4. The maximum atomic E-state index is 13.1. The minimum atomic E-state index is -4.39. The number of carbonyl (C=O) groups is 1. The molecule has 4 heterocycles. The van der Waals surface area contributed by atoms with Crippen molar-refractivity contribution in [2.75, 3.05) is 32.8 Å². The summed E-state index contributed by atoms with van der Waals surface area (Å²) in [6.07, 6.45) is -3.61. The Kier molecular flexibility index (Phi) is 6.54. The van der Waals surface area contributed by atoms with Gasteiger partial charge in [0.1, 0.15) is 25.1 Å². The standard InChI is InChI=1S/C23H25F5N4O4/c24-22(25)11-31(12-22)8-17-3-4-32-20(36-17)7-18(30-32)21(33)29-16-6-15-5-14(1-2-19(15)35-10-16)9-34-13-23(26,27)28/h1-2,5,7,16-17H,3-4,6,8-13H2,(H,29,33)/t16-,17?/m1/s1. The first kappa shape index (κ1) is 24.8. The van der Waals surface area contributed by atoms with Crippen molar-refractivity contribution in [2.24, 2.45) is 0 Å². The minimum absolute atomic E-state index is 0.168. The molecule has 3 aliphatic rings. The molecule has 8 nitrogen and oxygen atoms in total. The number of halogens is 5. The van der Waals surface area contributed by atoms with Gasteiger partial charge in [-0.15, -0.1) is 0 Å². The topological polar surface area (TPSA) is 77.8 Å². The van der Waals surface area contributed by atoms with Crippen molar-refractivity contribution in [2.45, 2.75) is 50.2 Å². The molecule has 1 aromatic carbocycles. The zero-order chi connectivity index (χ0) is 25.5. The molecule has 1 saturated heterocycles. The molecule has 196 valence electrons. The predicted molar refractivity (Wildman–Crippen MR) is 115 cm³/mol. The molecular weight excluding hydrogens is 491 g/mol. The van der Waals surface area contributed by atoms with Gasteiger partial charge in [-0.3, -0.25) is 9.69 Å². The molecule has 2 aromatic rings. The van der Waals surface area contributed by atoms with E-state index in [0.29, 0.717) is 43.1 Å². The monoisotopic (exact) mass is 516 g/mol. The number of hydrogen-bond donors (Lipinski definition) is 1. The van der Waals surface area contributed by atoms with E-state index in [1.54, 1.807) is 27.8 Å². The van der Waals surface area contributed by atoms with Gasteiger partial charge < -0.3 is 19.5 Å². The molecule has 0 aliphatic carbocycles. The van der Waals surface area contributed by atoms with Gasteiger partial charge >= 0.3 is 6.18 Å². The van der Waals surface area contributed by atoms with Crippen molar-refractivity contribution >= 4 is 5.91 Å². The summed E-state index contributed by atoms with van der Waals surface area (Å²) in [5.74, 6) is -2.02. The molecule has 13 heteroatoms. The maximum Gasteiger partial charge on any atom is 0.411 e. The Morgan fingerprint density at radius 3 is 2.81 bits per heavy atom. The normalized spacial score (nSPS) is 23.0. The highest BCUT2D eigenvalue weighted by molar-refractivity contribution is 5.92. The first-order chi connectivity index (χ1) is 17.0. The number of benzene rings is 1. The van der Waals surface area contributed by atoms with E-state index >= 15 is 0 Å². The number of nitrogens with one attached hydrogen (secondary N) is 1. The molecule has 2 atom stereocenters. The summed E-state index contributed by atoms with van der Waals surface area (Å²) >= 11 is 0. The van der Waals surface area contributed by atoms with Crippen LogP contribution in [0.15, 0.2) is 24.3 Å². The second kappa shape index (κ2) is 9.51. The van der Waals surface area contributed by atoms with E-state index in [1.807, 2.05) is 0 Å². The van der Waals surface area contributed by atoms with Crippen LogP contribution < -0.4 is 14.8 Å². The Bertz CT molecular complexity index is 1110. The fourth-order valence-electron chi connectivity index (χ4n) is 4.59. The SMILES string of the molecule is O=C(N[C@H]1COc2ccc(COCC(F)(F)F)cc2C1)c1cc2n(n1)CCC(CN1CC(F)(F)C1)O2.